The molecule has 0 bridgehead atoms. The second-order valence-electron chi connectivity index (χ2n) is 5.19. The minimum absolute atomic E-state index is 0.118. The Morgan fingerprint density at radius 1 is 1.05 bits per heavy atom. The summed E-state index contributed by atoms with van der Waals surface area (Å²) in [5, 5.41) is 0. The zero-order valence-corrected chi connectivity index (χ0v) is 14.3. The van der Waals surface area contributed by atoms with E-state index in [4.69, 9.17) is 0 Å². The average molecular weight is 344 g/mol. The summed E-state index contributed by atoms with van der Waals surface area (Å²) in [6.45, 7) is 6.87. The van der Waals surface area contributed by atoms with E-state index >= 15 is 0 Å². The molecule has 0 aromatic heterocycles. The topological polar surface area (TPSA) is 85.3 Å². The van der Waals surface area contributed by atoms with E-state index in [-0.39, 0.29) is 23.5 Å². The number of carbonyl (C=O) groups excluding carboxylic acids is 1. The first-order valence-electron chi connectivity index (χ1n) is 6.81. The molecule has 0 aliphatic carbocycles. The Bertz CT molecular complexity index is 757. The van der Waals surface area contributed by atoms with Crippen molar-refractivity contribution in [1.82, 2.24) is 0 Å². The number of ketones is 1. The van der Waals surface area contributed by atoms with Gasteiger partial charge in [0.05, 0.1) is 10.6 Å². The lowest BCUT2D eigenvalue weighted by Crippen LogP contribution is -2.19. The number of benzene rings is 1. The number of carbonyl (C=O) groups is 1. The van der Waals surface area contributed by atoms with Gasteiger partial charge in [-0.05, 0) is 44.4 Å². The standard InChI is InChI=1S/C15H20O5S2/c1-12(2)15(16)6-4-5-11-21(17,18)22(19,20)14-9-7-13(3)8-10-14/h7-10H,1,4-6,11H2,2-3H3. The number of allylic oxidation sites excluding steroid dienone is 1. The predicted octanol–water partition coefficient (Wildman–Crippen LogP) is 2.41. The highest BCUT2D eigenvalue weighted by Gasteiger charge is 2.31. The van der Waals surface area contributed by atoms with Gasteiger partial charge in [0.1, 0.15) is 0 Å². The molecule has 0 radical (unpaired) electrons. The first kappa shape index (κ1) is 18.6. The van der Waals surface area contributed by atoms with Gasteiger partial charge in [0.2, 0.25) is 0 Å². The molecule has 0 aliphatic rings. The van der Waals surface area contributed by atoms with Crippen molar-refractivity contribution in [2.75, 3.05) is 5.75 Å². The van der Waals surface area contributed by atoms with Crippen LogP contribution in [-0.4, -0.2) is 28.4 Å². The molecule has 0 saturated carbocycles. The highest BCUT2D eigenvalue weighted by molar-refractivity contribution is 8.67. The second kappa shape index (κ2) is 7.19. The maximum absolute atomic E-state index is 12.1. The van der Waals surface area contributed by atoms with Crippen LogP contribution in [0.1, 0.15) is 31.7 Å². The van der Waals surface area contributed by atoms with Crippen molar-refractivity contribution in [1.29, 1.82) is 0 Å². The Hall–Kier alpha value is -1.47. The summed E-state index contributed by atoms with van der Waals surface area (Å²) >= 11 is 0. The van der Waals surface area contributed by atoms with Crippen molar-refractivity contribution < 1.29 is 21.6 Å². The summed E-state index contributed by atoms with van der Waals surface area (Å²) in [6, 6.07) is 5.67. The summed E-state index contributed by atoms with van der Waals surface area (Å²) in [4.78, 5) is 11.1. The third-order valence-electron chi connectivity index (χ3n) is 3.17. The molecule has 1 rings (SSSR count). The number of aryl methyl sites for hydroxylation is 1. The molecule has 1 aromatic carbocycles. The molecular formula is C15H20O5S2. The predicted molar refractivity (Wildman–Crippen MR) is 85.8 cm³/mol. The van der Waals surface area contributed by atoms with Gasteiger partial charge in [-0.3, -0.25) is 4.79 Å². The molecule has 0 amide bonds. The molecule has 0 saturated heterocycles. The molecule has 0 N–H and O–H groups in total. The Balaban J connectivity index is 2.75. The lowest BCUT2D eigenvalue weighted by atomic mass is 10.1. The van der Waals surface area contributed by atoms with Gasteiger partial charge in [-0.2, -0.15) is 0 Å². The van der Waals surface area contributed by atoms with Crippen LogP contribution in [0, 0.1) is 6.92 Å². The number of rotatable bonds is 8. The van der Waals surface area contributed by atoms with E-state index in [1.165, 1.54) is 12.1 Å². The van der Waals surface area contributed by atoms with Crippen LogP contribution in [0.25, 0.3) is 0 Å². The zero-order valence-electron chi connectivity index (χ0n) is 12.7. The number of unbranched alkanes of at least 4 members (excludes halogenated alkanes) is 1. The minimum Gasteiger partial charge on any atom is -0.295 e. The molecule has 0 aliphatic heterocycles. The number of Topliss-reactive ketones (excluding diaryl/α,β-unsaturated/α-hetero) is 1. The van der Waals surface area contributed by atoms with Crippen LogP contribution in [0.15, 0.2) is 41.3 Å². The van der Waals surface area contributed by atoms with Gasteiger partial charge in [0.25, 0.3) is 17.7 Å². The van der Waals surface area contributed by atoms with E-state index in [1.807, 2.05) is 0 Å². The van der Waals surface area contributed by atoms with Crippen molar-refractivity contribution in [3.63, 3.8) is 0 Å². The van der Waals surface area contributed by atoms with E-state index in [1.54, 1.807) is 26.0 Å². The minimum atomic E-state index is -4.40. The second-order valence-corrected chi connectivity index (χ2v) is 10.9. The number of hydrogen-bond donors (Lipinski definition) is 0. The van der Waals surface area contributed by atoms with Gasteiger partial charge < -0.3 is 0 Å². The molecule has 0 spiro atoms. The molecule has 22 heavy (non-hydrogen) atoms. The highest BCUT2D eigenvalue weighted by Crippen LogP contribution is 2.19. The van der Waals surface area contributed by atoms with Crippen LogP contribution in [0.5, 0.6) is 0 Å². The maximum Gasteiger partial charge on any atom is 0.282 e. The van der Waals surface area contributed by atoms with E-state index in [0.29, 0.717) is 12.0 Å². The van der Waals surface area contributed by atoms with Gasteiger partial charge >= 0.3 is 0 Å². The summed E-state index contributed by atoms with van der Waals surface area (Å²) in [5.41, 5.74) is 1.25. The molecule has 122 valence electrons. The van der Waals surface area contributed by atoms with E-state index < -0.39 is 23.5 Å². The Morgan fingerprint density at radius 3 is 2.09 bits per heavy atom. The van der Waals surface area contributed by atoms with Crippen LogP contribution in [0.4, 0.5) is 0 Å². The van der Waals surface area contributed by atoms with Crippen LogP contribution < -0.4 is 0 Å². The largest absolute Gasteiger partial charge is 0.295 e. The quantitative estimate of drug-likeness (QED) is 0.411. The van der Waals surface area contributed by atoms with Crippen molar-refractivity contribution in [3.05, 3.63) is 42.0 Å². The molecule has 7 heteroatoms. The van der Waals surface area contributed by atoms with Gasteiger partial charge in [-0.25, -0.2) is 16.8 Å². The smallest absolute Gasteiger partial charge is 0.282 e. The Labute approximate surface area is 131 Å². The summed E-state index contributed by atoms with van der Waals surface area (Å²) < 4.78 is 48.3. The summed E-state index contributed by atoms with van der Waals surface area (Å²) in [5.74, 6) is -0.633. The Kier molecular flexibility index (Phi) is 6.08. The third-order valence-corrected chi connectivity index (χ3v) is 8.56. The van der Waals surface area contributed by atoms with Crippen molar-refractivity contribution in [2.45, 2.75) is 38.0 Å². The third kappa shape index (κ3) is 4.51. The monoisotopic (exact) mass is 344 g/mol. The average Bonchev–Trinajstić information content (AvgIpc) is 2.43. The molecule has 5 nitrogen and oxygen atoms in total. The molecule has 0 fully saturated rings. The number of hydrogen-bond acceptors (Lipinski definition) is 5. The Morgan fingerprint density at radius 2 is 1.59 bits per heavy atom. The van der Waals surface area contributed by atoms with Crippen LogP contribution in [0.3, 0.4) is 0 Å². The molecule has 0 atom stereocenters. The fourth-order valence-electron chi connectivity index (χ4n) is 1.74. The SMILES string of the molecule is C=C(C)C(=O)CCCCS(=O)(=O)S(=O)(=O)c1ccc(C)cc1. The normalized spacial score (nSPS) is 12.1. The van der Waals surface area contributed by atoms with Gasteiger partial charge in [0.15, 0.2) is 5.78 Å². The summed E-state index contributed by atoms with van der Waals surface area (Å²) in [6.07, 6.45) is 0.607. The van der Waals surface area contributed by atoms with Crippen LogP contribution in [0.2, 0.25) is 0 Å². The van der Waals surface area contributed by atoms with E-state index in [9.17, 15) is 21.6 Å². The first-order valence-corrected chi connectivity index (χ1v) is 10.5. The molecule has 0 heterocycles. The lowest BCUT2D eigenvalue weighted by Gasteiger charge is -2.06. The van der Waals surface area contributed by atoms with Gasteiger partial charge in [-0.1, -0.05) is 24.3 Å². The fourth-order valence-corrected chi connectivity index (χ4v) is 5.50. The highest BCUT2D eigenvalue weighted by atomic mass is 33.2. The van der Waals surface area contributed by atoms with E-state index in [0.717, 1.165) is 5.56 Å². The van der Waals surface area contributed by atoms with Gasteiger partial charge in [0, 0.05) is 6.42 Å². The van der Waals surface area contributed by atoms with Gasteiger partial charge in [-0.15, -0.1) is 0 Å². The summed E-state index contributed by atoms with van der Waals surface area (Å²) in [7, 11) is -8.71. The molecular weight excluding hydrogens is 324 g/mol. The fraction of sp³-hybridized carbons (Fsp3) is 0.400. The van der Waals surface area contributed by atoms with Crippen LogP contribution >= 0.6 is 0 Å². The molecule has 1 aromatic rings. The maximum atomic E-state index is 12.1. The van der Waals surface area contributed by atoms with Crippen molar-refractivity contribution in [2.24, 2.45) is 0 Å². The lowest BCUT2D eigenvalue weighted by molar-refractivity contribution is -0.115. The van der Waals surface area contributed by atoms with Crippen molar-refractivity contribution >= 4 is 23.5 Å². The van der Waals surface area contributed by atoms with Crippen molar-refractivity contribution in [3.8, 4) is 0 Å². The molecule has 0 unspecified atom stereocenters. The van der Waals surface area contributed by atoms with Crippen LogP contribution in [-0.2, 0) is 22.5 Å². The first-order chi connectivity index (χ1) is 10.1. The van der Waals surface area contributed by atoms with E-state index in [2.05, 4.69) is 6.58 Å². The zero-order chi connectivity index (χ0) is 17.0.